The number of carbonyl (C=O) groups excluding carboxylic acids is 1. The molecule has 2 aliphatic rings. The van der Waals surface area contributed by atoms with Gasteiger partial charge in [-0.1, -0.05) is 37.8 Å². The lowest BCUT2D eigenvalue weighted by atomic mass is 9.94. The van der Waals surface area contributed by atoms with Crippen LogP contribution in [-0.2, 0) is 10.0 Å². The fourth-order valence-corrected chi connectivity index (χ4v) is 5.74. The molecule has 1 amide bonds. The quantitative estimate of drug-likeness (QED) is 0.724. The van der Waals surface area contributed by atoms with Gasteiger partial charge in [0, 0.05) is 39.3 Å². The van der Waals surface area contributed by atoms with Gasteiger partial charge in [-0.05, 0) is 37.6 Å². The molecule has 0 spiro atoms. The van der Waals surface area contributed by atoms with Crippen LogP contribution < -0.4 is 0 Å². The molecule has 1 aliphatic carbocycles. The third-order valence-corrected chi connectivity index (χ3v) is 8.25. The number of sulfonamides is 1. The smallest absolute Gasteiger partial charge is 0.255 e. The van der Waals surface area contributed by atoms with E-state index in [4.69, 9.17) is 11.6 Å². The second-order valence-electron chi connectivity index (χ2n) is 7.69. The summed E-state index contributed by atoms with van der Waals surface area (Å²) >= 11 is 6.29. The van der Waals surface area contributed by atoms with Gasteiger partial charge in [-0.3, -0.25) is 4.79 Å². The Morgan fingerprint density at radius 2 is 1.79 bits per heavy atom. The predicted molar refractivity (Wildman–Crippen MR) is 111 cm³/mol. The van der Waals surface area contributed by atoms with Crippen LogP contribution in [0, 0.1) is 0 Å². The van der Waals surface area contributed by atoms with Gasteiger partial charge in [0.1, 0.15) is 0 Å². The zero-order valence-electron chi connectivity index (χ0n) is 16.7. The van der Waals surface area contributed by atoms with Crippen molar-refractivity contribution in [2.24, 2.45) is 0 Å². The van der Waals surface area contributed by atoms with Crippen LogP contribution in [0.4, 0.5) is 0 Å². The van der Waals surface area contributed by atoms with E-state index in [0.717, 1.165) is 45.3 Å². The molecule has 28 heavy (non-hydrogen) atoms. The average Bonchev–Trinajstić information content (AvgIpc) is 2.73. The van der Waals surface area contributed by atoms with E-state index in [1.54, 1.807) is 11.9 Å². The SMILES string of the molecule is CCN1CCN(S(=O)(=O)c2ccc(Cl)c(C(=O)N(C)C3CCCCC3)c2)CC1. The highest BCUT2D eigenvalue weighted by molar-refractivity contribution is 7.89. The highest BCUT2D eigenvalue weighted by Gasteiger charge is 2.30. The third kappa shape index (κ3) is 4.53. The molecule has 1 saturated carbocycles. The summed E-state index contributed by atoms with van der Waals surface area (Å²) in [5.74, 6) is -0.204. The molecule has 1 aromatic carbocycles. The lowest BCUT2D eigenvalue weighted by Crippen LogP contribution is -2.48. The van der Waals surface area contributed by atoms with E-state index in [1.165, 1.54) is 28.9 Å². The predicted octanol–water partition coefficient (Wildman–Crippen LogP) is 3.07. The van der Waals surface area contributed by atoms with E-state index in [0.29, 0.717) is 18.1 Å². The number of hydrogen-bond donors (Lipinski definition) is 0. The van der Waals surface area contributed by atoms with Crippen LogP contribution >= 0.6 is 11.6 Å². The van der Waals surface area contributed by atoms with Crippen molar-refractivity contribution < 1.29 is 13.2 Å². The molecular weight excluding hydrogens is 398 g/mol. The highest BCUT2D eigenvalue weighted by Crippen LogP contribution is 2.27. The van der Waals surface area contributed by atoms with Crippen LogP contribution in [0.5, 0.6) is 0 Å². The van der Waals surface area contributed by atoms with Crippen molar-refractivity contribution >= 4 is 27.5 Å². The van der Waals surface area contributed by atoms with Crippen LogP contribution in [0.15, 0.2) is 23.1 Å². The van der Waals surface area contributed by atoms with Crippen molar-refractivity contribution in [3.05, 3.63) is 28.8 Å². The summed E-state index contributed by atoms with van der Waals surface area (Å²) in [5.41, 5.74) is 0.267. The highest BCUT2D eigenvalue weighted by atomic mass is 35.5. The molecule has 156 valence electrons. The van der Waals surface area contributed by atoms with E-state index in [2.05, 4.69) is 11.8 Å². The zero-order chi connectivity index (χ0) is 20.3. The molecule has 1 saturated heterocycles. The lowest BCUT2D eigenvalue weighted by Gasteiger charge is -2.33. The number of likely N-dealkylation sites (N-methyl/N-ethyl adjacent to an activating group) is 1. The molecule has 1 aliphatic heterocycles. The van der Waals surface area contributed by atoms with Gasteiger partial charge in [0.2, 0.25) is 10.0 Å². The molecule has 1 heterocycles. The van der Waals surface area contributed by atoms with Crippen LogP contribution in [0.2, 0.25) is 5.02 Å². The molecule has 2 fully saturated rings. The zero-order valence-corrected chi connectivity index (χ0v) is 18.3. The largest absolute Gasteiger partial charge is 0.339 e. The van der Waals surface area contributed by atoms with Gasteiger partial charge in [0.05, 0.1) is 15.5 Å². The van der Waals surface area contributed by atoms with E-state index >= 15 is 0 Å². The number of hydrogen-bond acceptors (Lipinski definition) is 4. The number of halogens is 1. The van der Waals surface area contributed by atoms with Crippen molar-refractivity contribution in [3.8, 4) is 0 Å². The maximum absolute atomic E-state index is 13.1. The summed E-state index contributed by atoms with van der Waals surface area (Å²) in [6.45, 7) is 5.36. The Balaban J connectivity index is 1.81. The number of nitrogens with zero attached hydrogens (tertiary/aromatic N) is 3. The molecule has 0 atom stereocenters. The van der Waals surface area contributed by atoms with Gasteiger partial charge >= 0.3 is 0 Å². The number of rotatable bonds is 5. The maximum atomic E-state index is 13.1. The van der Waals surface area contributed by atoms with Crippen molar-refractivity contribution in [2.45, 2.75) is 50.0 Å². The standard InChI is InChI=1S/C20H30ClN3O3S/c1-3-23-11-13-24(14-12-23)28(26,27)17-9-10-19(21)18(15-17)20(25)22(2)16-7-5-4-6-8-16/h9-10,15-16H,3-8,11-14H2,1-2H3. The minimum atomic E-state index is -3.64. The summed E-state index contributed by atoms with van der Waals surface area (Å²) in [6.07, 6.45) is 5.42. The average molecular weight is 428 g/mol. The molecule has 0 N–H and O–H groups in total. The van der Waals surface area contributed by atoms with Crippen LogP contribution in [0.1, 0.15) is 49.4 Å². The van der Waals surface area contributed by atoms with E-state index < -0.39 is 10.0 Å². The van der Waals surface area contributed by atoms with Crippen LogP contribution in [0.3, 0.4) is 0 Å². The Morgan fingerprint density at radius 1 is 1.14 bits per heavy atom. The second kappa shape index (κ2) is 9.11. The Hall–Kier alpha value is -1.15. The number of benzene rings is 1. The molecule has 0 radical (unpaired) electrons. The van der Waals surface area contributed by atoms with Crippen LogP contribution in [-0.4, -0.2) is 74.2 Å². The maximum Gasteiger partial charge on any atom is 0.255 e. The molecular formula is C20H30ClN3O3S. The van der Waals surface area contributed by atoms with Crippen molar-refractivity contribution in [1.29, 1.82) is 0 Å². The van der Waals surface area contributed by atoms with Gasteiger partial charge in [0.25, 0.3) is 5.91 Å². The molecule has 8 heteroatoms. The summed E-state index contributed by atoms with van der Waals surface area (Å²) in [5, 5.41) is 0.294. The van der Waals surface area contributed by atoms with Gasteiger partial charge in [-0.2, -0.15) is 4.31 Å². The fraction of sp³-hybridized carbons (Fsp3) is 0.650. The Labute approximate surface area is 173 Å². The number of carbonyl (C=O) groups is 1. The van der Waals surface area contributed by atoms with Crippen molar-refractivity contribution in [2.75, 3.05) is 39.8 Å². The monoisotopic (exact) mass is 427 g/mol. The Bertz CT molecular complexity index is 801. The van der Waals surface area contributed by atoms with Crippen molar-refractivity contribution in [3.63, 3.8) is 0 Å². The molecule has 0 bridgehead atoms. The second-order valence-corrected chi connectivity index (χ2v) is 10.0. The number of piperazine rings is 1. The first-order valence-electron chi connectivity index (χ1n) is 10.1. The first-order chi connectivity index (χ1) is 13.3. The lowest BCUT2D eigenvalue weighted by molar-refractivity contribution is 0.0696. The summed E-state index contributed by atoms with van der Waals surface area (Å²) in [4.78, 5) is 17.1. The van der Waals surface area contributed by atoms with Crippen molar-refractivity contribution in [1.82, 2.24) is 14.1 Å². The van der Waals surface area contributed by atoms with E-state index in [1.807, 2.05) is 0 Å². The fourth-order valence-electron chi connectivity index (χ4n) is 4.09. The normalized spacial score (nSPS) is 20.2. The third-order valence-electron chi connectivity index (χ3n) is 6.03. The minimum absolute atomic E-state index is 0.141. The first kappa shape index (κ1) is 21.6. The van der Waals surface area contributed by atoms with Gasteiger partial charge in [-0.25, -0.2) is 8.42 Å². The van der Waals surface area contributed by atoms with Gasteiger partial charge in [-0.15, -0.1) is 0 Å². The summed E-state index contributed by atoms with van der Waals surface area (Å²) in [7, 11) is -1.85. The summed E-state index contributed by atoms with van der Waals surface area (Å²) in [6, 6.07) is 4.67. The summed E-state index contributed by atoms with van der Waals surface area (Å²) < 4.78 is 27.7. The van der Waals surface area contributed by atoms with Gasteiger partial charge in [0.15, 0.2) is 0 Å². The first-order valence-corrected chi connectivity index (χ1v) is 12.0. The van der Waals surface area contributed by atoms with E-state index in [-0.39, 0.29) is 22.4 Å². The molecule has 1 aromatic rings. The molecule has 0 aromatic heterocycles. The van der Waals surface area contributed by atoms with Crippen LogP contribution in [0.25, 0.3) is 0 Å². The minimum Gasteiger partial charge on any atom is -0.339 e. The molecule has 6 nitrogen and oxygen atoms in total. The van der Waals surface area contributed by atoms with Gasteiger partial charge < -0.3 is 9.80 Å². The molecule has 0 unspecified atom stereocenters. The Kier molecular flexibility index (Phi) is 7.02. The molecule has 3 rings (SSSR count). The van der Waals surface area contributed by atoms with E-state index in [9.17, 15) is 13.2 Å². The number of amides is 1. The topological polar surface area (TPSA) is 60.9 Å². The Morgan fingerprint density at radius 3 is 2.39 bits per heavy atom.